The number of aromatic nitrogens is 2. The van der Waals surface area contributed by atoms with E-state index in [1.807, 2.05) is 6.07 Å². The van der Waals surface area contributed by atoms with E-state index in [1.165, 1.54) is 12.8 Å². The maximum absolute atomic E-state index is 4.43. The van der Waals surface area contributed by atoms with E-state index in [9.17, 15) is 0 Å². The lowest BCUT2D eigenvalue weighted by Crippen LogP contribution is -2.13. The van der Waals surface area contributed by atoms with Crippen molar-refractivity contribution in [1.29, 1.82) is 0 Å². The van der Waals surface area contributed by atoms with Crippen molar-refractivity contribution < 1.29 is 0 Å². The summed E-state index contributed by atoms with van der Waals surface area (Å²) in [5.74, 6) is 1.81. The second-order valence-electron chi connectivity index (χ2n) is 4.51. The number of anilines is 1. The van der Waals surface area contributed by atoms with Crippen molar-refractivity contribution in [2.45, 2.75) is 33.1 Å². The molecule has 3 nitrogen and oxygen atoms in total. The van der Waals surface area contributed by atoms with Gasteiger partial charge in [-0.05, 0) is 34.2 Å². The number of hydrogen-bond donors (Lipinski definition) is 1. The van der Waals surface area contributed by atoms with Gasteiger partial charge in [-0.1, -0.05) is 13.8 Å². The lowest BCUT2D eigenvalue weighted by atomic mass is 10.1. The first-order valence-corrected chi connectivity index (χ1v) is 6.18. The highest BCUT2D eigenvalue weighted by atomic mass is 79.9. The minimum Gasteiger partial charge on any atom is -0.369 e. The summed E-state index contributed by atoms with van der Waals surface area (Å²) in [7, 11) is 0. The summed E-state index contributed by atoms with van der Waals surface area (Å²) in [5.41, 5.74) is 0.504. The Morgan fingerprint density at radius 3 is 2.80 bits per heavy atom. The molecule has 1 aliphatic carbocycles. The Hall–Kier alpha value is -0.640. The van der Waals surface area contributed by atoms with E-state index in [4.69, 9.17) is 0 Å². The van der Waals surface area contributed by atoms with E-state index >= 15 is 0 Å². The normalized spacial score (nSPS) is 17.5. The number of aryl methyl sites for hydroxylation is 1. The number of hydrogen-bond acceptors (Lipinski definition) is 3. The van der Waals surface area contributed by atoms with Crippen molar-refractivity contribution in [2.24, 2.45) is 5.41 Å². The number of halogens is 1. The van der Waals surface area contributed by atoms with E-state index < -0.39 is 0 Å². The summed E-state index contributed by atoms with van der Waals surface area (Å²) < 4.78 is 0.859. The molecule has 0 bridgehead atoms. The average Bonchev–Trinajstić information content (AvgIpc) is 2.94. The molecule has 0 amide bonds. The van der Waals surface area contributed by atoms with Gasteiger partial charge in [-0.3, -0.25) is 0 Å². The summed E-state index contributed by atoms with van der Waals surface area (Å²) in [6.07, 6.45) is 3.52. The molecule has 1 saturated carbocycles. The summed E-state index contributed by atoms with van der Waals surface area (Å²) >= 11 is 3.40. The minimum atomic E-state index is 0.504. The SMILES string of the molecule is CCc1nc(Br)cc(NCC2(C)CC2)n1. The Bertz CT molecular complexity index is 361. The van der Waals surface area contributed by atoms with Gasteiger partial charge in [0.25, 0.3) is 0 Å². The zero-order valence-electron chi connectivity index (χ0n) is 9.18. The van der Waals surface area contributed by atoms with Crippen molar-refractivity contribution in [3.05, 3.63) is 16.5 Å². The van der Waals surface area contributed by atoms with Gasteiger partial charge in [0, 0.05) is 19.0 Å². The first kappa shape index (κ1) is 10.9. The van der Waals surface area contributed by atoms with Gasteiger partial charge in [-0.2, -0.15) is 0 Å². The topological polar surface area (TPSA) is 37.8 Å². The molecule has 1 aromatic rings. The van der Waals surface area contributed by atoms with Gasteiger partial charge in [-0.25, -0.2) is 9.97 Å². The average molecular weight is 270 g/mol. The minimum absolute atomic E-state index is 0.504. The van der Waals surface area contributed by atoms with Crippen LogP contribution in [-0.4, -0.2) is 16.5 Å². The third kappa shape index (κ3) is 2.91. The van der Waals surface area contributed by atoms with Gasteiger partial charge in [0.1, 0.15) is 16.2 Å². The molecule has 1 N–H and O–H groups in total. The number of nitrogens with zero attached hydrogens (tertiary/aromatic N) is 2. The Labute approximate surface area is 98.8 Å². The zero-order valence-corrected chi connectivity index (χ0v) is 10.8. The van der Waals surface area contributed by atoms with E-state index in [0.717, 1.165) is 29.2 Å². The third-order valence-electron chi connectivity index (χ3n) is 2.86. The summed E-state index contributed by atoms with van der Waals surface area (Å²) in [6.45, 7) is 5.38. The first-order chi connectivity index (χ1) is 7.11. The Kier molecular flexibility index (Phi) is 2.96. The fraction of sp³-hybridized carbons (Fsp3) is 0.636. The van der Waals surface area contributed by atoms with Crippen LogP contribution in [0.1, 0.15) is 32.5 Å². The first-order valence-electron chi connectivity index (χ1n) is 5.39. The summed E-state index contributed by atoms with van der Waals surface area (Å²) in [6, 6.07) is 1.94. The fourth-order valence-corrected chi connectivity index (χ4v) is 1.83. The molecule has 0 spiro atoms. The summed E-state index contributed by atoms with van der Waals surface area (Å²) in [4.78, 5) is 8.71. The highest BCUT2D eigenvalue weighted by molar-refractivity contribution is 9.10. The van der Waals surface area contributed by atoms with Crippen LogP contribution in [0.2, 0.25) is 0 Å². The van der Waals surface area contributed by atoms with Gasteiger partial charge in [0.15, 0.2) is 0 Å². The Morgan fingerprint density at radius 2 is 2.20 bits per heavy atom. The molecule has 15 heavy (non-hydrogen) atoms. The van der Waals surface area contributed by atoms with Crippen molar-refractivity contribution >= 4 is 21.7 Å². The molecule has 0 saturated heterocycles. The van der Waals surface area contributed by atoms with E-state index in [2.05, 4.69) is 45.1 Å². The third-order valence-corrected chi connectivity index (χ3v) is 3.26. The van der Waals surface area contributed by atoms with Gasteiger partial charge >= 0.3 is 0 Å². The molecule has 0 atom stereocenters. The van der Waals surface area contributed by atoms with Gasteiger partial charge < -0.3 is 5.32 Å². The lowest BCUT2D eigenvalue weighted by Gasteiger charge is -2.11. The van der Waals surface area contributed by atoms with Crippen molar-refractivity contribution in [3.63, 3.8) is 0 Å². The maximum Gasteiger partial charge on any atom is 0.131 e. The van der Waals surface area contributed by atoms with Crippen molar-refractivity contribution in [1.82, 2.24) is 9.97 Å². The fourth-order valence-electron chi connectivity index (χ4n) is 1.41. The van der Waals surface area contributed by atoms with Crippen LogP contribution < -0.4 is 5.32 Å². The van der Waals surface area contributed by atoms with Crippen LogP contribution in [-0.2, 0) is 6.42 Å². The molecule has 0 aliphatic heterocycles. The standard InChI is InChI=1S/C11H16BrN3/c1-3-9-14-8(12)6-10(15-9)13-7-11(2)4-5-11/h6H,3-5,7H2,1-2H3,(H,13,14,15). The molecule has 1 heterocycles. The second-order valence-corrected chi connectivity index (χ2v) is 5.32. The smallest absolute Gasteiger partial charge is 0.131 e. The van der Waals surface area contributed by atoms with Crippen LogP contribution in [0.25, 0.3) is 0 Å². The van der Waals surface area contributed by atoms with Crippen LogP contribution in [0.15, 0.2) is 10.7 Å². The van der Waals surface area contributed by atoms with Crippen LogP contribution in [0, 0.1) is 5.41 Å². The van der Waals surface area contributed by atoms with Crippen LogP contribution in [0.4, 0.5) is 5.82 Å². The largest absolute Gasteiger partial charge is 0.369 e. The molecule has 2 rings (SSSR count). The predicted octanol–water partition coefficient (Wildman–Crippen LogP) is 3.01. The highest BCUT2D eigenvalue weighted by Gasteiger charge is 2.36. The molecule has 1 aliphatic rings. The zero-order chi connectivity index (χ0) is 10.9. The van der Waals surface area contributed by atoms with Gasteiger partial charge in [0.2, 0.25) is 0 Å². The van der Waals surface area contributed by atoms with Crippen molar-refractivity contribution in [2.75, 3.05) is 11.9 Å². The van der Waals surface area contributed by atoms with Gasteiger partial charge in [-0.15, -0.1) is 0 Å². The molecule has 82 valence electrons. The van der Waals surface area contributed by atoms with E-state index in [0.29, 0.717) is 5.41 Å². The number of rotatable bonds is 4. The molecular weight excluding hydrogens is 254 g/mol. The molecule has 1 aromatic heterocycles. The molecule has 4 heteroatoms. The molecule has 0 aromatic carbocycles. The lowest BCUT2D eigenvalue weighted by molar-refractivity contribution is 0.609. The summed E-state index contributed by atoms with van der Waals surface area (Å²) in [5, 5.41) is 3.38. The second kappa shape index (κ2) is 4.08. The molecule has 0 unspecified atom stereocenters. The maximum atomic E-state index is 4.43. The quantitative estimate of drug-likeness (QED) is 0.854. The Balaban J connectivity index is 2.03. The van der Waals surface area contributed by atoms with Crippen molar-refractivity contribution in [3.8, 4) is 0 Å². The van der Waals surface area contributed by atoms with E-state index in [1.54, 1.807) is 0 Å². The highest BCUT2D eigenvalue weighted by Crippen LogP contribution is 2.44. The van der Waals surface area contributed by atoms with Crippen LogP contribution >= 0.6 is 15.9 Å². The van der Waals surface area contributed by atoms with Crippen LogP contribution in [0.5, 0.6) is 0 Å². The van der Waals surface area contributed by atoms with E-state index in [-0.39, 0.29) is 0 Å². The Morgan fingerprint density at radius 1 is 1.47 bits per heavy atom. The van der Waals surface area contributed by atoms with Crippen LogP contribution in [0.3, 0.4) is 0 Å². The monoisotopic (exact) mass is 269 g/mol. The molecule has 0 radical (unpaired) electrons. The number of nitrogens with one attached hydrogen (secondary N) is 1. The molecule has 1 fully saturated rings. The van der Waals surface area contributed by atoms with Gasteiger partial charge in [0.05, 0.1) is 0 Å². The predicted molar refractivity (Wildman–Crippen MR) is 64.9 cm³/mol. The molecular formula is C11H16BrN3.